The maximum Gasteiger partial charge on any atom is 0.347 e. The molecular formula is C38H66N5O10P. The molecule has 1 aliphatic heterocycles. The fourth-order valence-corrected chi connectivity index (χ4v) is 8.18. The Labute approximate surface area is 321 Å². The van der Waals surface area contributed by atoms with E-state index in [0.29, 0.717) is 12.0 Å². The number of benzene rings is 1. The summed E-state index contributed by atoms with van der Waals surface area (Å²) in [7, 11) is 1.45. The first-order valence-electron chi connectivity index (χ1n) is 18.9. The molecule has 0 aliphatic carbocycles. The smallest absolute Gasteiger partial charge is 0.347 e. The fraction of sp³-hybridized carbons (Fsp3) is 0.737. The van der Waals surface area contributed by atoms with Crippen LogP contribution in [-0.4, -0.2) is 131 Å². The molecule has 0 unspecified atom stereocenters. The van der Waals surface area contributed by atoms with Crippen molar-refractivity contribution < 1.29 is 48.1 Å². The molecule has 54 heavy (non-hydrogen) atoms. The van der Waals surface area contributed by atoms with Crippen LogP contribution in [0.5, 0.6) is 0 Å². The van der Waals surface area contributed by atoms with Crippen molar-refractivity contribution in [2.24, 2.45) is 23.7 Å². The molecule has 1 saturated heterocycles. The number of nitrogens with one attached hydrogen (secondary N) is 3. The number of aliphatic hydroxyl groups excluding tert-OH is 1. The minimum atomic E-state index is -4.76. The monoisotopic (exact) mass is 783 g/mol. The number of ether oxygens (including phenoxy) is 2. The summed E-state index contributed by atoms with van der Waals surface area (Å²) in [6.07, 6.45) is -2.10. The van der Waals surface area contributed by atoms with Crippen LogP contribution in [0.3, 0.4) is 0 Å². The molecule has 6 N–H and O–H groups in total. The van der Waals surface area contributed by atoms with Gasteiger partial charge in [-0.3, -0.25) is 23.7 Å². The standard InChI is InChI=1S/C38H66N5O10P/c1-12-24(6)34(42(9)38(48)33(23(4)5)41-37(47)32(39-8)22(2)3)29(52-10)20-31(45)43-21-27(44)19-28(43)35(53-11)25(7)36(46)40-30(54(49,50)51)18-26-16-14-13-15-17-26/h13-17,22-25,27-30,32-35,39,44H,12,18-21H2,1-11H3,(H,40,46)(H,41,47)(H2,49,50,51)/t24-,25+,27+,28-,29+,30+,32-,33-,34-,35+/m0/s1. The quantitative estimate of drug-likeness (QED) is 0.0997. The highest BCUT2D eigenvalue weighted by Crippen LogP contribution is 2.41. The number of methoxy groups -OCH3 is 2. The van der Waals surface area contributed by atoms with Crippen LogP contribution < -0.4 is 16.0 Å². The van der Waals surface area contributed by atoms with E-state index in [0.717, 1.165) is 0 Å². The van der Waals surface area contributed by atoms with Crippen LogP contribution in [0.25, 0.3) is 0 Å². The number of amides is 4. The lowest BCUT2D eigenvalue weighted by molar-refractivity contribution is -0.148. The highest BCUT2D eigenvalue weighted by atomic mass is 31.2. The molecule has 2 rings (SSSR count). The van der Waals surface area contributed by atoms with Gasteiger partial charge in [0.1, 0.15) is 11.8 Å². The first-order chi connectivity index (χ1) is 25.2. The van der Waals surface area contributed by atoms with Crippen molar-refractivity contribution in [3.63, 3.8) is 0 Å². The highest BCUT2D eigenvalue weighted by molar-refractivity contribution is 7.52. The molecule has 10 atom stereocenters. The lowest BCUT2D eigenvalue weighted by Gasteiger charge is -2.41. The number of nitrogens with zero attached hydrogens (tertiary/aromatic N) is 2. The van der Waals surface area contributed by atoms with E-state index in [2.05, 4.69) is 16.0 Å². The summed E-state index contributed by atoms with van der Waals surface area (Å²) in [6.45, 7) is 13.0. The number of carbonyl (C=O) groups excluding carboxylic acids is 4. The molecule has 1 heterocycles. The molecule has 1 aliphatic rings. The number of likely N-dealkylation sites (tertiary alicyclic amines) is 1. The van der Waals surface area contributed by atoms with Crippen molar-refractivity contribution >= 4 is 31.2 Å². The molecule has 15 nitrogen and oxygen atoms in total. The molecular weight excluding hydrogens is 717 g/mol. The Hall–Kier alpha value is -2.91. The normalized spacial score (nSPS) is 20.8. The number of hydrogen-bond donors (Lipinski definition) is 6. The predicted molar refractivity (Wildman–Crippen MR) is 206 cm³/mol. The minimum absolute atomic E-state index is 0.00771. The van der Waals surface area contributed by atoms with Crippen molar-refractivity contribution in [1.82, 2.24) is 25.8 Å². The Bertz CT molecular complexity index is 1410. The summed E-state index contributed by atoms with van der Waals surface area (Å²) in [5.41, 5.74) is 0.631. The highest BCUT2D eigenvalue weighted by Gasteiger charge is 2.46. The molecule has 0 aromatic heterocycles. The van der Waals surface area contributed by atoms with Crippen molar-refractivity contribution in [1.29, 1.82) is 0 Å². The zero-order valence-corrected chi connectivity index (χ0v) is 34.8. The number of rotatable bonds is 21. The van der Waals surface area contributed by atoms with Crippen molar-refractivity contribution in [2.75, 3.05) is 34.9 Å². The van der Waals surface area contributed by atoms with Gasteiger partial charge in [-0.1, -0.05) is 85.2 Å². The molecule has 0 spiro atoms. The van der Waals surface area contributed by atoms with Gasteiger partial charge >= 0.3 is 7.60 Å². The van der Waals surface area contributed by atoms with E-state index in [1.165, 1.54) is 19.1 Å². The van der Waals surface area contributed by atoms with Gasteiger partial charge in [0.25, 0.3) is 0 Å². The second-order valence-electron chi connectivity index (χ2n) is 15.3. The summed E-state index contributed by atoms with van der Waals surface area (Å²) in [6, 6.07) is 6.03. The zero-order valence-electron chi connectivity index (χ0n) is 33.9. The third-order valence-electron chi connectivity index (χ3n) is 10.8. The third-order valence-corrected chi connectivity index (χ3v) is 11.9. The molecule has 0 radical (unpaired) electrons. The fourth-order valence-electron chi connectivity index (χ4n) is 7.43. The predicted octanol–water partition coefficient (Wildman–Crippen LogP) is 2.13. The molecule has 1 aromatic carbocycles. The lowest BCUT2D eigenvalue weighted by atomic mass is 9.89. The van der Waals surface area contributed by atoms with Crippen molar-refractivity contribution in [3.05, 3.63) is 35.9 Å². The Morgan fingerprint density at radius 2 is 1.54 bits per heavy atom. The molecule has 1 fully saturated rings. The SMILES string of the molecule is CC[C@H](C)[C@@H]([C@@H](CC(=O)N1C[C@H](O)C[C@H]1[C@H](OC)[C@@H](C)C(=O)N[C@@H](Cc1ccccc1)P(=O)(O)O)OC)N(C)C(=O)[C@@H](NC(=O)[C@@H](NC)C(C)C)C(C)C. The Kier molecular flexibility index (Phi) is 18.7. The Morgan fingerprint density at radius 1 is 0.944 bits per heavy atom. The van der Waals surface area contributed by atoms with Crippen LogP contribution in [0.2, 0.25) is 0 Å². The van der Waals surface area contributed by atoms with E-state index in [1.807, 2.05) is 41.5 Å². The minimum Gasteiger partial charge on any atom is -0.391 e. The van der Waals surface area contributed by atoms with Crippen LogP contribution in [0.15, 0.2) is 30.3 Å². The van der Waals surface area contributed by atoms with Gasteiger partial charge in [-0.15, -0.1) is 0 Å². The number of β-amino-alcohol motifs (C(OH)–C–C–N with tert-alkyl or cyclic N) is 1. The van der Waals surface area contributed by atoms with Crippen molar-refractivity contribution in [3.8, 4) is 0 Å². The van der Waals surface area contributed by atoms with Crippen molar-refractivity contribution in [2.45, 2.75) is 122 Å². The van der Waals surface area contributed by atoms with E-state index >= 15 is 0 Å². The van der Waals surface area contributed by atoms with Crippen LogP contribution in [-0.2, 0) is 39.6 Å². The Balaban J connectivity index is 2.33. The van der Waals surface area contributed by atoms with Gasteiger partial charge in [0.15, 0.2) is 0 Å². The topological polar surface area (TPSA) is 207 Å². The van der Waals surface area contributed by atoms with Crippen LogP contribution in [0.1, 0.15) is 73.3 Å². The molecule has 0 bridgehead atoms. The largest absolute Gasteiger partial charge is 0.391 e. The van der Waals surface area contributed by atoms with Gasteiger partial charge in [-0.05, 0) is 36.8 Å². The number of carbonyl (C=O) groups is 4. The van der Waals surface area contributed by atoms with E-state index in [9.17, 15) is 38.6 Å². The van der Waals surface area contributed by atoms with Crippen LogP contribution >= 0.6 is 7.60 Å². The summed E-state index contributed by atoms with van der Waals surface area (Å²) >= 11 is 0. The van der Waals surface area contributed by atoms with Gasteiger partial charge in [0.2, 0.25) is 23.6 Å². The maximum absolute atomic E-state index is 14.2. The molecule has 16 heteroatoms. The summed E-state index contributed by atoms with van der Waals surface area (Å²) in [5, 5.41) is 19.2. The molecule has 4 amide bonds. The number of likely N-dealkylation sites (N-methyl/N-ethyl adjacent to an activating group) is 2. The van der Waals surface area contributed by atoms with Gasteiger partial charge < -0.3 is 50.1 Å². The second kappa shape index (κ2) is 21.4. The van der Waals surface area contributed by atoms with Crippen LogP contribution in [0.4, 0.5) is 0 Å². The third kappa shape index (κ3) is 12.6. The number of aliphatic hydroxyl groups is 1. The van der Waals surface area contributed by atoms with Crippen LogP contribution in [0, 0.1) is 23.7 Å². The molecule has 1 aromatic rings. The summed E-state index contributed by atoms with van der Waals surface area (Å²) in [4.78, 5) is 78.2. The zero-order chi connectivity index (χ0) is 41.1. The summed E-state index contributed by atoms with van der Waals surface area (Å²) < 4.78 is 24.1. The first-order valence-corrected chi connectivity index (χ1v) is 20.6. The first kappa shape index (κ1) is 47.2. The molecule has 308 valence electrons. The second-order valence-corrected chi connectivity index (χ2v) is 17.1. The maximum atomic E-state index is 14.2. The van der Waals surface area contributed by atoms with Gasteiger partial charge in [0, 0.05) is 34.2 Å². The van der Waals surface area contributed by atoms with E-state index < -0.39 is 67.7 Å². The lowest BCUT2D eigenvalue weighted by Crippen LogP contribution is -2.59. The van der Waals surface area contributed by atoms with Gasteiger partial charge in [0.05, 0.1) is 48.8 Å². The summed E-state index contributed by atoms with van der Waals surface area (Å²) in [5.74, 6) is -4.47. The Morgan fingerprint density at radius 3 is 2.02 bits per heavy atom. The van der Waals surface area contributed by atoms with E-state index in [1.54, 1.807) is 56.3 Å². The number of hydrogen-bond acceptors (Lipinski definition) is 9. The van der Waals surface area contributed by atoms with Gasteiger partial charge in [-0.25, -0.2) is 0 Å². The van der Waals surface area contributed by atoms with Gasteiger partial charge in [-0.2, -0.15) is 0 Å². The van der Waals surface area contributed by atoms with E-state index in [-0.39, 0.29) is 61.3 Å². The molecule has 0 saturated carbocycles. The van der Waals surface area contributed by atoms with E-state index in [4.69, 9.17) is 9.47 Å². The average molecular weight is 784 g/mol. The average Bonchev–Trinajstić information content (AvgIpc) is 3.50.